The van der Waals surface area contributed by atoms with Gasteiger partial charge < -0.3 is 0 Å². The predicted octanol–water partition coefficient (Wildman–Crippen LogP) is 8.67. The third-order valence-electron chi connectivity index (χ3n) is 5.33. The van der Waals surface area contributed by atoms with Crippen molar-refractivity contribution in [2.45, 2.75) is 39.0 Å². The molecule has 0 aromatic heterocycles. The first-order valence-corrected chi connectivity index (χ1v) is 11.0. The minimum atomic E-state index is -1.71. The zero-order chi connectivity index (χ0) is 25.5. The molecule has 0 aliphatic heterocycles. The van der Waals surface area contributed by atoms with Crippen LogP contribution >= 0.6 is 0 Å². The van der Waals surface area contributed by atoms with Gasteiger partial charge in [0.2, 0.25) is 0 Å². The van der Waals surface area contributed by atoms with Gasteiger partial charge in [-0.25, -0.2) is 30.7 Å². The van der Waals surface area contributed by atoms with E-state index in [1.165, 1.54) is 12.1 Å². The van der Waals surface area contributed by atoms with Crippen molar-refractivity contribution in [3.8, 4) is 11.8 Å². The lowest BCUT2D eigenvalue weighted by atomic mass is 10.0. The van der Waals surface area contributed by atoms with Gasteiger partial charge in [-0.1, -0.05) is 62.3 Å². The maximum atomic E-state index is 14.7. The van der Waals surface area contributed by atoms with Gasteiger partial charge in [0.25, 0.3) is 0 Å². The molecule has 0 N–H and O–H groups in total. The van der Waals surface area contributed by atoms with E-state index in [-0.39, 0.29) is 11.1 Å². The van der Waals surface area contributed by atoms with Crippen molar-refractivity contribution in [2.24, 2.45) is 0 Å². The smallest absolute Gasteiger partial charge is 0.194 e. The SMILES string of the molecule is CCCCCCc1ccc(C(F)=C(F)c2cc(F)c(C#Cc3cc(F)c(F)c(F)c3)c(F)c2)cc1. The van der Waals surface area contributed by atoms with Crippen molar-refractivity contribution in [3.05, 3.63) is 105 Å². The fourth-order valence-electron chi connectivity index (χ4n) is 3.41. The van der Waals surface area contributed by atoms with E-state index in [2.05, 4.69) is 12.8 Å². The molecule has 3 aromatic carbocycles. The second-order valence-corrected chi connectivity index (χ2v) is 7.95. The summed E-state index contributed by atoms with van der Waals surface area (Å²) in [5.74, 6) is -5.92. The lowest BCUT2D eigenvalue weighted by Gasteiger charge is -2.06. The van der Waals surface area contributed by atoms with E-state index in [9.17, 15) is 30.7 Å². The quantitative estimate of drug-likeness (QED) is 0.102. The van der Waals surface area contributed by atoms with Gasteiger partial charge in [0, 0.05) is 16.7 Å². The van der Waals surface area contributed by atoms with Gasteiger partial charge in [-0.3, -0.25) is 0 Å². The summed E-state index contributed by atoms with van der Waals surface area (Å²) in [5.41, 5.74) is -0.968. The Labute approximate surface area is 199 Å². The monoisotopic (exact) mass is 490 g/mol. The molecule has 0 bridgehead atoms. The van der Waals surface area contributed by atoms with E-state index in [0.717, 1.165) is 37.7 Å². The molecule has 0 aliphatic rings. The van der Waals surface area contributed by atoms with E-state index < -0.39 is 51.9 Å². The van der Waals surface area contributed by atoms with Crippen LogP contribution in [0.5, 0.6) is 0 Å². The van der Waals surface area contributed by atoms with Crippen molar-refractivity contribution in [1.82, 2.24) is 0 Å². The average molecular weight is 490 g/mol. The van der Waals surface area contributed by atoms with Gasteiger partial charge in [-0.15, -0.1) is 0 Å². The molecular weight excluding hydrogens is 469 g/mol. The third kappa shape index (κ3) is 6.54. The van der Waals surface area contributed by atoms with Crippen LogP contribution in [0.25, 0.3) is 11.7 Å². The first-order valence-electron chi connectivity index (χ1n) is 11.0. The molecule has 0 radical (unpaired) electrons. The highest BCUT2D eigenvalue weighted by molar-refractivity contribution is 5.83. The van der Waals surface area contributed by atoms with Gasteiger partial charge in [0.1, 0.15) is 11.6 Å². The van der Waals surface area contributed by atoms with Crippen molar-refractivity contribution >= 4 is 11.7 Å². The maximum absolute atomic E-state index is 14.7. The zero-order valence-corrected chi connectivity index (χ0v) is 18.8. The molecule has 35 heavy (non-hydrogen) atoms. The molecule has 0 amide bonds. The number of aryl methyl sites for hydroxylation is 1. The molecule has 182 valence electrons. The molecule has 0 spiro atoms. The van der Waals surface area contributed by atoms with Crippen LogP contribution in [0.1, 0.15) is 60.4 Å². The third-order valence-corrected chi connectivity index (χ3v) is 5.33. The summed E-state index contributed by atoms with van der Waals surface area (Å²) in [6.45, 7) is 2.11. The molecule has 0 saturated carbocycles. The van der Waals surface area contributed by atoms with E-state index in [0.29, 0.717) is 24.3 Å². The van der Waals surface area contributed by atoms with Crippen molar-refractivity contribution < 1.29 is 30.7 Å². The number of halogens is 7. The Bertz CT molecular complexity index is 1250. The lowest BCUT2D eigenvalue weighted by molar-refractivity contribution is 0.446. The van der Waals surface area contributed by atoms with Crippen LogP contribution in [0.3, 0.4) is 0 Å². The minimum absolute atomic E-state index is 0.0788. The Balaban J connectivity index is 1.83. The van der Waals surface area contributed by atoms with Crippen LogP contribution in [0.15, 0.2) is 48.5 Å². The first-order chi connectivity index (χ1) is 16.7. The maximum Gasteiger partial charge on any atom is 0.194 e. The van der Waals surface area contributed by atoms with Gasteiger partial charge in [0.05, 0.1) is 5.56 Å². The summed E-state index contributed by atoms with van der Waals surface area (Å²) in [4.78, 5) is 0. The van der Waals surface area contributed by atoms with Crippen LogP contribution in [0.4, 0.5) is 30.7 Å². The Morgan fingerprint density at radius 3 is 1.80 bits per heavy atom. The fraction of sp³-hybridized carbons (Fsp3) is 0.214. The van der Waals surface area contributed by atoms with Crippen LogP contribution in [0, 0.1) is 40.9 Å². The molecule has 0 heterocycles. The van der Waals surface area contributed by atoms with Crippen LogP contribution in [-0.2, 0) is 6.42 Å². The van der Waals surface area contributed by atoms with Gasteiger partial charge in [-0.05, 0) is 42.7 Å². The zero-order valence-electron chi connectivity index (χ0n) is 18.8. The van der Waals surface area contributed by atoms with Crippen molar-refractivity contribution in [3.63, 3.8) is 0 Å². The van der Waals surface area contributed by atoms with Gasteiger partial charge in [-0.2, -0.15) is 0 Å². The average Bonchev–Trinajstić information content (AvgIpc) is 2.84. The molecule has 3 rings (SSSR count). The van der Waals surface area contributed by atoms with Gasteiger partial charge in [0.15, 0.2) is 29.1 Å². The van der Waals surface area contributed by atoms with E-state index >= 15 is 0 Å². The Morgan fingerprint density at radius 2 is 1.23 bits per heavy atom. The number of unbranched alkanes of at least 4 members (excludes halogenated alkanes) is 3. The Morgan fingerprint density at radius 1 is 0.657 bits per heavy atom. The van der Waals surface area contributed by atoms with E-state index in [1.54, 1.807) is 12.1 Å². The summed E-state index contributed by atoms with van der Waals surface area (Å²) >= 11 is 0. The van der Waals surface area contributed by atoms with E-state index in [1.807, 2.05) is 5.92 Å². The highest BCUT2D eigenvalue weighted by atomic mass is 19.2. The second kappa shape index (κ2) is 11.7. The molecule has 0 aliphatic carbocycles. The van der Waals surface area contributed by atoms with Crippen LogP contribution in [-0.4, -0.2) is 0 Å². The van der Waals surface area contributed by atoms with Crippen molar-refractivity contribution in [2.75, 3.05) is 0 Å². The molecule has 7 heteroatoms. The van der Waals surface area contributed by atoms with Gasteiger partial charge >= 0.3 is 0 Å². The topological polar surface area (TPSA) is 0 Å². The number of benzene rings is 3. The minimum Gasteiger partial charge on any atom is -0.205 e. The van der Waals surface area contributed by atoms with Crippen LogP contribution in [0.2, 0.25) is 0 Å². The summed E-state index contributed by atoms with van der Waals surface area (Å²) in [6.07, 6.45) is 5.11. The Kier molecular flexibility index (Phi) is 8.75. The highest BCUT2D eigenvalue weighted by Gasteiger charge is 2.17. The summed E-state index contributed by atoms with van der Waals surface area (Å²) < 4.78 is 97.8. The molecule has 0 unspecified atom stereocenters. The second-order valence-electron chi connectivity index (χ2n) is 7.95. The number of hydrogen-bond donors (Lipinski definition) is 0. The predicted molar refractivity (Wildman–Crippen MR) is 122 cm³/mol. The molecule has 0 atom stereocenters. The van der Waals surface area contributed by atoms with Crippen molar-refractivity contribution in [1.29, 1.82) is 0 Å². The standard InChI is InChI=1S/C28H21F7/c1-2-3-4-5-6-17-7-10-19(11-8-17)26(33)27(34)20-15-22(29)21(23(30)16-20)12-9-18-13-24(31)28(35)25(32)14-18/h7-8,10-11,13-16H,2-6H2,1H3. The first kappa shape index (κ1) is 26.1. The molecule has 0 saturated heterocycles. The lowest BCUT2D eigenvalue weighted by Crippen LogP contribution is -1.95. The molecule has 0 nitrogen and oxygen atoms in total. The number of rotatable bonds is 7. The summed E-state index contributed by atoms with van der Waals surface area (Å²) in [5, 5.41) is 0. The highest BCUT2D eigenvalue weighted by Crippen LogP contribution is 2.31. The molecule has 3 aromatic rings. The largest absolute Gasteiger partial charge is 0.205 e. The normalized spacial score (nSPS) is 11.7. The summed E-state index contributed by atoms with van der Waals surface area (Å²) in [6, 6.07) is 8.40. The molecular formula is C28H21F7. The molecule has 0 fully saturated rings. The summed E-state index contributed by atoms with van der Waals surface area (Å²) in [7, 11) is 0. The fourth-order valence-corrected chi connectivity index (χ4v) is 3.41. The van der Waals surface area contributed by atoms with Crippen LogP contribution < -0.4 is 0 Å². The number of hydrogen-bond acceptors (Lipinski definition) is 0. The Hall–Kier alpha value is -3.53. The van der Waals surface area contributed by atoms with E-state index in [4.69, 9.17) is 0 Å².